The molecule has 1 heterocycles. The van der Waals surface area contributed by atoms with Crippen LogP contribution in [0.3, 0.4) is 0 Å². The summed E-state index contributed by atoms with van der Waals surface area (Å²) in [5.41, 5.74) is 5.40. The van der Waals surface area contributed by atoms with Crippen LogP contribution >= 0.6 is 0 Å². The third-order valence-corrected chi connectivity index (χ3v) is 3.03. The van der Waals surface area contributed by atoms with E-state index in [2.05, 4.69) is 5.32 Å². The van der Waals surface area contributed by atoms with E-state index in [1.165, 1.54) is 6.92 Å². The molecule has 1 aliphatic heterocycles. The van der Waals surface area contributed by atoms with Gasteiger partial charge in [-0.05, 0) is 32.2 Å². The lowest BCUT2D eigenvalue weighted by Gasteiger charge is -2.33. The number of rotatable bonds is 5. The van der Waals surface area contributed by atoms with E-state index in [0.717, 1.165) is 32.2 Å². The van der Waals surface area contributed by atoms with Gasteiger partial charge < -0.3 is 16.0 Å². The van der Waals surface area contributed by atoms with E-state index < -0.39 is 0 Å². The number of carbonyl (C=O) groups is 2. The zero-order chi connectivity index (χ0) is 12.7. The van der Waals surface area contributed by atoms with Gasteiger partial charge in [0, 0.05) is 32.5 Å². The molecule has 0 radical (unpaired) electrons. The van der Waals surface area contributed by atoms with E-state index in [4.69, 9.17) is 5.73 Å². The van der Waals surface area contributed by atoms with Crippen molar-refractivity contribution in [3.8, 4) is 0 Å². The van der Waals surface area contributed by atoms with Crippen molar-refractivity contribution >= 4 is 11.8 Å². The summed E-state index contributed by atoms with van der Waals surface area (Å²) in [5.74, 6) is 0.168. The van der Waals surface area contributed by atoms with Gasteiger partial charge in [-0.15, -0.1) is 0 Å². The maximum absolute atomic E-state index is 11.9. The summed E-state index contributed by atoms with van der Waals surface area (Å²) >= 11 is 0. The lowest BCUT2D eigenvalue weighted by molar-refractivity contribution is -0.133. The number of hydrogen-bond acceptors (Lipinski definition) is 3. The van der Waals surface area contributed by atoms with Gasteiger partial charge in [0.05, 0.1) is 0 Å². The maximum atomic E-state index is 11.9. The first-order valence-electron chi connectivity index (χ1n) is 6.38. The summed E-state index contributed by atoms with van der Waals surface area (Å²) in [5, 5.41) is 2.88. The fraction of sp³-hybridized carbons (Fsp3) is 0.833. The Kier molecular flexibility index (Phi) is 5.97. The van der Waals surface area contributed by atoms with Gasteiger partial charge in [0.25, 0.3) is 0 Å². The molecule has 1 rings (SSSR count). The van der Waals surface area contributed by atoms with Crippen LogP contribution in [-0.2, 0) is 9.59 Å². The molecule has 1 aliphatic rings. The molecule has 0 bridgehead atoms. The van der Waals surface area contributed by atoms with Gasteiger partial charge in [-0.1, -0.05) is 0 Å². The second-order valence-electron chi connectivity index (χ2n) is 4.63. The minimum atomic E-state index is -0.0209. The normalized spacial score (nSPS) is 20.1. The highest BCUT2D eigenvalue weighted by molar-refractivity contribution is 5.76. The molecule has 1 saturated heterocycles. The third kappa shape index (κ3) is 5.17. The number of nitrogens with two attached hydrogens (primary N) is 1. The quantitative estimate of drug-likeness (QED) is 0.677. The molecule has 0 aromatic heterocycles. The number of nitrogens with one attached hydrogen (secondary N) is 1. The Morgan fingerprint density at radius 2 is 2.18 bits per heavy atom. The molecule has 0 aliphatic carbocycles. The Bertz CT molecular complexity index is 268. The van der Waals surface area contributed by atoms with Crippen LogP contribution in [0, 0.1) is 0 Å². The van der Waals surface area contributed by atoms with Crippen molar-refractivity contribution in [3.63, 3.8) is 0 Å². The van der Waals surface area contributed by atoms with E-state index in [-0.39, 0.29) is 17.9 Å². The first-order valence-corrected chi connectivity index (χ1v) is 6.38. The zero-order valence-electron chi connectivity index (χ0n) is 10.6. The van der Waals surface area contributed by atoms with Crippen molar-refractivity contribution in [1.29, 1.82) is 0 Å². The topological polar surface area (TPSA) is 75.4 Å². The van der Waals surface area contributed by atoms with Crippen molar-refractivity contribution in [3.05, 3.63) is 0 Å². The summed E-state index contributed by atoms with van der Waals surface area (Å²) in [6.45, 7) is 3.63. The summed E-state index contributed by atoms with van der Waals surface area (Å²) < 4.78 is 0. The number of nitrogens with zero attached hydrogens (tertiary/aromatic N) is 1. The van der Waals surface area contributed by atoms with Crippen molar-refractivity contribution < 1.29 is 9.59 Å². The molecule has 5 nitrogen and oxygen atoms in total. The number of likely N-dealkylation sites (tertiary alicyclic amines) is 1. The highest BCUT2D eigenvalue weighted by Gasteiger charge is 2.23. The number of amides is 2. The van der Waals surface area contributed by atoms with Gasteiger partial charge in [-0.25, -0.2) is 0 Å². The fourth-order valence-corrected chi connectivity index (χ4v) is 2.19. The average molecular weight is 241 g/mol. The SMILES string of the molecule is CC(=O)NC1CCCN(C(=O)CCCCN)C1. The van der Waals surface area contributed by atoms with Crippen LogP contribution in [0.5, 0.6) is 0 Å². The van der Waals surface area contributed by atoms with Crippen molar-refractivity contribution in [2.75, 3.05) is 19.6 Å². The van der Waals surface area contributed by atoms with Gasteiger partial charge in [0.2, 0.25) is 11.8 Å². The highest BCUT2D eigenvalue weighted by Crippen LogP contribution is 2.12. The monoisotopic (exact) mass is 241 g/mol. The molecular weight excluding hydrogens is 218 g/mol. The number of unbranched alkanes of at least 4 members (excludes halogenated alkanes) is 1. The minimum absolute atomic E-state index is 0.0209. The standard InChI is InChI=1S/C12H23N3O2/c1-10(16)14-11-5-4-8-15(9-11)12(17)6-2-3-7-13/h11H,2-9,13H2,1H3,(H,14,16). The van der Waals surface area contributed by atoms with Crippen molar-refractivity contribution in [1.82, 2.24) is 10.2 Å². The van der Waals surface area contributed by atoms with Crippen LogP contribution in [0.15, 0.2) is 0 Å². The van der Waals surface area contributed by atoms with Crippen LogP contribution in [-0.4, -0.2) is 42.4 Å². The molecule has 98 valence electrons. The van der Waals surface area contributed by atoms with Crippen molar-refractivity contribution in [2.24, 2.45) is 5.73 Å². The molecule has 0 spiro atoms. The Morgan fingerprint density at radius 1 is 1.41 bits per heavy atom. The smallest absolute Gasteiger partial charge is 0.222 e. The average Bonchev–Trinajstić information content (AvgIpc) is 2.28. The van der Waals surface area contributed by atoms with Crippen LogP contribution in [0.1, 0.15) is 39.0 Å². The van der Waals surface area contributed by atoms with E-state index in [1.807, 2.05) is 4.90 Å². The summed E-state index contributed by atoms with van der Waals surface area (Å²) in [7, 11) is 0. The largest absolute Gasteiger partial charge is 0.352 e. The Labute approximate surface area is 103 Å². The lowest BCUT2D eigenvalue weighted by atomic mass is 10.0. The van der Waals surface area contributed by atoms with E-state index in [9.17, 15) is 9.59 Å². The maximum Gasteiger partial charge on any atom is 0.222 e. The summed E-state index contributed by atoms with van der Waals surface area (Å²) in [6, 6.07) is 0.125. The molecule has 17 heavy (non-hydrogen) atoms. The molecule has 0 saturated carbocycles. The molecule has 3 N–H and O–H groups in total. The molecule has 1 unspecified atom stereocenters. The minimum Gasteiger partial charge on any atom is -0.352 e. The van der Waals surface area contributed by atoms with Gasteiger partial charge in [0.15, 0.2) is 0 Å². The number of hydrogen-bond donors (Lipinski definition) is 2. The predicted octanol–water partition coefficient (Wildman–Crippen LogP) is 0.243. The highest BCUT2D eigenvalue weighted by atomic mass is 16.2. The molecule has 2 amide bonds. The van der Waals surface area contributed by atoms with Crippen molar-refractivity contribution in [2.45, 2.75) is 45.1 Å². The van der Waals surface area contributed by atoms with E-state index in [1.54, 1.807) is 0 Å². The van der Waals surface area contributed by atoms with Gasteiger partial charge in [-0.3, -0.25) is 9.59 Å². The van der Waals surface area contributed by atoms with Gasteiger partial charge in [-0.2, -0.15) is 0 Å². The first-order chi connectivity index (χ1) is 8.13. The molecule has 0 aromatic rings. The fourth-order valence-electron chi connectivity index (χ4n) is 2.19. The second-order valence-corrected chi connectivity index (χ2v) is 4.63. The van der Waals surface area contributed by atoms with Gasteiger partial charge >= 0.3 is 0 Å². The first kappa shape index (κ1) is 14.0. The molecule has 5 heteroatoms. The molecule has 0 aromatic carbocycles. The third-order valence-electron chi connectivity index (χ3n) is 3.03. The predicted molar refractivity (Wildman–Crippen MR) is 66.3 cm³/mol. The molecule has 1 fully saturated rings. The molecular formula is C12H23N3O2. The number of carbonyl (C=O) groups excluding carboxylic acids is 2. The van der Waals surface area contributed by atoms with E-state index >= 15 is 0 Å². The van der Waals surface area contributed by atoms with Crippen LogP contribution < -0.4 is 11.1 Å². The van der Waals surface area contributed by atoms with Crippen LogP contribution in [0.4, 0.5) is 0 Å². The van der Waals surface area contributed by atoms with Crippen LogP contribution in [0.25, 0.3) is 0 Å². The molecule has 1 atom stereocenters. The lowest BCUT2D eigenvalue weighted by Crippen LogP contribution is -2.49. The Hall–Kier alpha value is -1.10. The zero-order valence-corrected chi connectivity index (χ0v) is 10.6. The van der Waals surface area contributed by atoms with Gasteiger partial charge in [0.1, 0.15) is 0 Å². The van der Waals surface area contributed by atoms with E-state index in [0.29, 0.717) is 19.5 Å². The summed E-state index contributed by atoms with van der Waals surface area (Å²) in [4.78, 5) is 24.7. The Balaban J connectivity index is 2.32. The Morgan fingerprint density at radius 3 is 2.82 bits per heavy atom. The number of piperidine rings is 1. The van der Waals surface area contributed by atoms with Crippen LogP contribution in [0.2, 0.25) is 0 Å². The second kappa shape index (κ2) is 7.27. The summed E-state index contributed by atoms with van der Waals surface area (Å²) in [6.07, 6.45) is 4.26.